The third-order valence-electron chi connectivity index (χ3n) is 7.31. The highest BCUT2D eigenvalue weighted by atomic mass is 35.5. The molecule has 3 rings (SSSR count). The molecule has 2 aromatic carbocycles. The van der Waals surface area contributed by atoms with E-state index in [4.69, 9.17) is 11.6 Å². The van der Waals surface area contributed by atoms with E-state index in [0.29, 0.717) is 42.3 Å². The van der Waals surface area contributed by atoms with Crippen molar-refractivity contribution in [1.29, 1.82) is 0 Å². The molecule has 0 aliphatic carbocycles. The van der Waals surface area contributed by atoms with E-state index in [1.165, 1.54) is 0 Å². The predicted molar refractivity (Wildman–Crippen MR) is 176 cm³/mol. The molecule has 0 aliphatic rings. The number of benzene rings is 2. The number of fused-ring (bicyclic) bond motifs is 1. The Morgan fingerprint density at radius 3 is 2.32 bits per heavy atom. The smallest absolute Gasteiger partial charge is 0.262 e. The van der Waals surface area contributed by atoms with Crippen LogP contribution in [0.4, 0.5) is 0 Å². The van der Waals surface area contributed by atoms with Gasteiger partial charge in [0.15, 0.2) is 0 Å². The Bertz CT molecular complexity index is 1320. The third kappa shape index (κ3) is 9.91. The fourth-order valence-corrected chi connectivity index (χ4v) is 5.66. The molecular weight excluding hydrogens is 574 g/mol. The Hall–Kier alpha value is -2.26. The fourth-order valence-electron chi connectivity index (χ4n) is 5.14. The van der Waals surface area contributed by atoms with Crippen molar-refractivity contribution in [2.24, 2.45) is 0 Å². The molecule has 1 amide bonds. The molecule has 0 radical (unpaired) electrons. The zero-order valence-electron chi connectivity index (χ0n) is 24.1. The molecule has 0 saturated heterocycles. The average molecular weight is 616 g/mol. The zero-order chi connectivity index (χ0) is 29.8. The average Bonchev–Trinajstić information content (AvgIpc) is 3.21. The molecule has 1 N–H and O–H groups in total. The van der Waals surface area contributed by atoms with Crippen molar-refractivity contribution in [2.45, 2.75) is 58.8 Å². The number of thiol groups is 2. The van der Waals surface area contributed by atoms with Crippen LogP contribution in [0.3, 0.4) is 0 Å². The van der Waals surface area contributed by atoms with Gasteiger partial charge in [0, 0.05) is 59.1 Å². The van der Waals surface area contributed by atoms with E-state index >= 15 is 0 Å². The van der Waals surface area contributed by atoms with Crippen LogP contribution in [-0.4, -0.2) is 64.7 Å². The number of rotatable bonds is 17. The van der Waals surface area contributed by atoms with Gasteiger partial charge in [0.2, 0.25) is 5.91 Å². The lowest BCUT2D eigenvalue weighted by Crippen LogP contribution is -2.39. The van der Waals surface area contributed by atoms with Crippen LogP contribution >= 0.6 is 36.9 Å². The summed E-state index contributed by atoms with van der Waals surface area (Å²) >= 11 is 14.5. The van der Waals surface area contributed by atoms with Crippen molar-refractivity contribution in [3.05, 3.63) is 69.9 Å². The Morgan fingerprint density at radius 2 is 1.61 bits per heavy atom. The van der Waals surface area contributed by atoms with E-state index in [2.05, 4.69) is 41.5 Å². The predicted octanol–water partition coefficient (Wildman–Crippen LogP) is 6.33. The van der Waals surface area contributed by atoms with Crippen LogP contribution < -0.4 is 5.32 Å². The van der Waals surface area contributed by atoms with Crippen molar-refractivity contribution >= 4 is 65.4 Å². The number of aromatic nitrogens is 1. The van der Waals surface area contributed by atoms with Crippen molar-refractivity contribution in [1.82, 2.24) is 14.8 Å². The molecule has 41 heavy (non-hydrogen) atoms. The molecule has 0 aliphatic heterocycles. The first kappa shape index (κ1) is 33.2. The van der Waals surface area contributed by atoms with Crippen molar-refractivity contribution in [3.63, 3.8) is 0 Å². The third-order valence-corrected chi connectivity index (χ3v) is 7.98. The van der Waals surface area contributed by atoms with Crippen molar-refractivity contribution in [2.75, 3.05) is 37.7 Å². The fraction of sp³-hybridized carbons (Fsp3) is 0.469. The van der Waals surface area contributed by atoms with Crippen LogP contribution in [0.15, 0.2) is 42.5 Å². The summed E-state index contributed by atoms with van der Waals surface area (Å²) in [5, 5.41) is 4.41. The number of hydrogen-bond donors (Lipinski definition) is 3. The maximum Gasteiger partial charge on any atom is 0.262 e. The molecule has 3 aromatic rings. The van der Waals surface area contributed by atoms with Crippen LogP contribution in [0.5, 0.6) is 0 Å². The van der Waals surface area contributed by atoms with Crippen LogP contribution in [0.2, 0.25) is 5.02 Å². The number of ketones is 1. The van der Waals surface area contributed by atoms with Crippen LogP contribution in [0.1, 0.15) is 65.7 Å². The summed E-state index contributed by atoms with van der Waals surface area (Å²) < 4.78 is 1.72. The summed E-state index contributed by atoms with van der Waals surface area (Å²) in [5.41, 5.74) is 4.21. The number of unbranched alkanes of at least 4 members (excludes halogenated alkanes) is 4. The normalized spacial score (nSPS) is 11.4. The molecule has 1 aromatic heterocycles. The Labute approximate surface area is 260 Å². The number of hydrogen-bond acceptors (Lipinski definition) is 6. The zero-order valence-corrected chi connectivity index (χ0v) is 26.7. The monoisotopic (exact) mass is 615 g/mol. The number of aryl methyl sites for hydroxylation is 1. The lowest BCUT2D eigenvalue weighted by Gasteiger charge is -2.20. The molecule has 0 unspecified atom stereocenters. The number of nitrogens with zero attached hydrogens (tertiary/aromatic N) is 2. The number of halogens is 1. The van der Waals surface area contributed by atoms with Crippen LogP contribution in [0.25, 0.3) is 10.9 Å². The molecular formula is C32H42ClN3O3S2. The second-order valence-corrected chi connectivity index (χ2v) is 11.9. The van der Waals surface area contributed by atoms with E-state index in [1.807, 2.05) is 26.0 Å². The standard InChI is InChI=1S/C32H42ClN3O3S2/c1-23-9-14-30-29(20-23)28(24(2)36(30)32(39)25-10-12-26(33)13-11-25)21-27(37)8-6-4-3-5-7-16-35(17-19-41)22-31(38)34-15-18-40/h9-14,20,40-41H,3-8,15-19,21-22H2,1-2H3,(H,34,38). The van der Waals surface area contributed by atoms with Gasteiger partial charge >= 0.3 is 0 Å². The van der Waals surface area contributed by atoms with Gasteiger partial charge in [-0.25, -0.2) is 0 Å². The number of carbonyl (C=O) groups excluding carboxylic acids is 3. The van der Waals surface area contributed by atoms with Gasteiger partial charge < -0.3 is 5.32 Å². The summed E-state index contributed by atoms with van der Waals surface area (Å²) in [6.45, 7) is 6.57. The first-order chi connectivity index (χ1) is 19.7. The van der Waals surface area contributed by atoms with Crippen LogP contribution in [-0.2, 0) is 16.0 Å². The van der Waals surface area contributed by atoms with Gasteiger partial charge in [-0.1, -0.05) is 42.5 Å². The van der Waals surface area contributed by atoms with Gasteiger partial charge in [-0.15, -0.1) is 0 Å². The largest absolute Gasteiger partial charge is 0.354 e. The van der Waals surface area contributed by atoms with Gasteiger partial charge in [-0.3, -0.25) is 23.9 Å². The Kier molecular flexibility index (Phi) is 13.8. The summed E-state index contributed by atoms with van der Waals surface area (Å²) in [5.74, 6) is 1.45. The van der Waals surface area contributed by atoms with E-state index in [9.17, 15) is 14.4 Å². The molecule has 9 heteroatoms. The van der Waals surface area contributed by atoms with Crippen molar-refractivity contribution in [3.8, 4) is 0 Å². The maximum absolute atomic E-state index is 13.5. The summed E-state index contributed by atoms with van der Waals surface area (Å²) in [6.07, 6.45) is 5.83. The van der Waals surface area contributed by atoms with Gasteiger partial charge in [-0.2, -0.15) is 25.3 Å². The maximum atomic E-state index is 13.5. The van der Waals surface area contributed by atoms with Gasteiger partial charge in [0.05, 0.1) is 12.1 Å². The highest BCUT2D eigenvalue weighted by Crippen LogP contribution is 2.29. The number of nitrogens with one attached hydrogen (secondary N) is 1. The van der Waals surface area contributed by atoms with E-state index < -0.39 is 0 Å². The quantitative estimate of drug-likeness (QED) is 0.123. The lowest BCUT2D eigenvalue weighted by atomic mass is 10.0. The van der Waals surface area contributed by atoms with Gasteiger partial charge in [-0.05, 0) is 75.2 Å². The molecule has 0 fully saturated rings. The minimum absolute atomic E-state index is 0.0298. The molecule has 0 spiro atoms. The molecule has 0 saturated carbocycles. The highest BCUT2D eigenvalue weighted by molar-refractivity contribution is 7.80. The van der Waals surface area contributed by atoms with E-state index in [-0.39, 0.29) is 17.6 Å². The minimum Gasteiger partial charge on any atom is -0.354 e. The molecule has 0 atom stereocenters. The number of Topliss-reactive ketones (excluding diaryl/α,β-unsaturated/α-hetero) is 1. The summed E-state index contributed by atoms with van der Waals surface area (Å²) in [4.78, 5) is 40.6. The van der Waals surface area contributed by atoms with Crippen molar-refractivity contribution < 1.29 is 14.4 Å². The number of carbonyl (C=O) groups is 3. The molecule has 1 heterocycles. The topological polar surface area (TPSA) is 71.4 Å². The Morgan fingerprint density at radius 1 is 0.902 bits per heavy atom. The SMILES string of the molecule is Cc1ccc2c(c1)c(CC(=O)CCCCCCCN(CCS)CC(=O)NCCS)c(C)n2C(=O)c1ccc(Cl)cc1. The molecule has 222 valence electrons. The highest BCUT2D eigenvalue weighted by Gasteiger charge is 2.21. The summed E-state index contributed by atoms with van der Waals surface area (Å²) in [7, 11) is 0. The van der Waals surface area contributed by atoms with Crippen LogP contribution in [0, 0.1) is 13.8 Å². The minimum atomic E-state index is -0.127. The van der Waals surface area contributed by atoms with E-state index in [0.717, 1.165) is 78.7 Å². The summed E-state index contributed by atoms with van der Waals surface area (Å²) in [6, 6.07) is 12.9. The number of amides is 1. The lowest BCUT2D eigenvalue weighted by molar-refractivity contribution is -0.122. The second-order valence-electron chi connectivity index (χ2n) is 10.5. The first-order valence-corrected chi connectivity index (χ1v) is 16.0. The second kappa shape index (κ2) is 17.0. The van der Waals surface area contributed by atoms with E-state index in [1.54, 1.807) is 28.8 Å². The Balaban J connectivity index is 1.51. The van der Waals surface area contributed by atoms with Gasteiger partial charge in [0.25, 0.3) is 5.91 Å². The first-order valence-electron chi connectivity index (χ1n) is 14.4. The molecule has 6 nitrogen and oxygen atoms in total. The van der Waals surface area contributed by atoms with Gasteiger partial charge in [0.1, 0.15) is 5.78 Å². The molecule has 0 bridgehead atoms.